The largest absolute Gasteiger partial charge is 0.324 e. The van der Waals surface area contributed by atoms with E-state index < -0.39 is 0 Å². The summed E-state index contributed by atoms with van der Waals surface area (Å²) < 4.78 is 0. The van der Waals surface area contributed by atoms with Crippen LogP contribution in [0.4, 0.5) is 5.69 Å². The Morgan fingerprint density at radius 2 is 2.27 bits per heavy atom. The molecule has 0 saturated carbocycles. The number of hydrogen-bond acceptors (Lipinski definition) is 1. The zero-order valence-electron chi connectivity index (χ0n) is 8.72. The maximum absolute atomic E-state index is 11.7. The van der Waals surface area contributed by atoms with Crippen LogP contribution in [0.3, 0.4) is 0 Å². The molecule has 80 valence electrons. The summed E-state index contributed by atoms with van der Waals surface area (Å²) in [6.45, 7) is 2.13. The Morgan fingerprint density at radius 1 is 1.47 bits per heavy atom. The maximum atomic E-state index is 11.7. The molecule has 0 bridgehead atoms. The minimum absolute atomic E-state index is 0.00125. The number of carbonyl (C=O) groups is 1. The summed E-state index contributed by atoms with van der Waals surface area (Å²) in [4.78, 5) is 11.7. The van der Waals surface area contributed by atoms with Crippen LogP contribution in [-0.2, 0) is 4.79 Å². The van der Waals surface area contributed by atoms with Gasteiger partial charge in [0.05, 0.1) is 16.6 Å². The van der Waals surface area contributed by atoms with Crippen LogP contribution in [0, 0.1) is 0 Å². The fourth-order valence-corrected chi connectivity index (χ4v) is 2.24. The predicted octanol–water partition coefficient (Wildman–Crippen LogP) is 3.57. The van der Waals surface area contributed by atoms with Crippen molar-refractivity contribution >= 4 is 23.2 Å². The molecule has 1 aliphatic rings. The van der Waals surface area contributed by atoms with Crippen molar-refractivity contribution in [1.82, 2.24) is 0 Å². The number of fused-ring (bicyclic) bond motifs is 1. The SMILES string of the molecule is CCCCC1C(=O)Nc2c(Cl)cccc21. The van der Waals surface area contributed by atoms with Gasteiger partial charge in [0.25, 0.3) is 0 Å². The lowest BCUT2D eigenvalue weighted by atomic mass is 9.95. The van der Waals surface area contributed by atoms with Gasteiger partial charge < -0.3 is 5.32 Å². The van der Waals surface area contributed by atoms with Crippen molar-refractivity contribution < 1.29 is 4.79 Å². The molecule has 1 aromatic rings. The van der Waals surface area contributed by atoms with Gasteiger partial charge in [-0.15, -0.1) is 0 Å². The molecule has 1 unspecified atom stereocenters. The molecule has 2 rings (SSSR count). The Morgan fingerprint density at radius 3 is 3.00 bits per heavy atom. The van der Waals surface area contributed by atoms with Crippen LogP contribution in [0.1, 0.15) is 37.7 Å². The van der Waals surface area contributed by atoms with E-state index in [-0.39, 0.29) is 11.8 Å². The molecule has 0 fully saturated rings. The van der Waals surface area contributed by atoms with Crippen molar-refractivity contribution in [1.29, 1.82) is 0 Å². The second-order valence-corrected chi connectivity index (χ2v) is 4.30. The molecule has 1 atom stereocenters. The van der Waals surface area contributed by atoms with Crippen LogP contribution in [-0.4, -0.2) is 5.91 Å². The quantitative estimate of drug-likeness (QED) is 0.834. The second-order valence-electron chi connectivity index (χ2n) is 3.89. The van der Waals surface area contributed by atoms with Crippen molar-refractivity contribution in [2.45, 2.75) is 32.1 Å². The highest BCUT2D eigenvalue weighted by molar-refractivity contribution is 6.34. The van der Waals surface area contributed by atoms with E-state index in [1.54, 1.807) is 0 Å². The second kappa shape index (κ2) is 4.23. The highest BCUT2D eigenvalue weighted by Gasteiger charge is 2.30. The van der Waals surface area contributed by atoms with Gasteiger partial charge in [0.1, 0.15) is 0 Å². The van der Waals surface area contributed by atoms with E-state index >= 15 is 0 Å². The Kier molecular flexibility index (Phi) is 2.96. The van der Waals surface area contributed by atoms with E-state index in [1.807, 2.05) is 18.2 Å². The number of para-hydroxylation sites is 1. The summed E-state index contributed by atoms with van der Waals surface area (Å²) in [6, 6.07) is 5.70. The van der Waals surface area contributed by atoms with Crippen molar-refractivity contribution in [2.75, 3.05) is 5.32 Å². The van der Waals surface area contributed by atoms with Crippen LogP contribution in [0.2, 0.25) is 5.02 Å². The Hall–Kier alpha value is -1.02. The summed E-state index contributed by atoms with van der Waals surface area (Å²) in [5, 5.41) is 3.49. The topological polar surface area (TPSA) is 29.1 Å². The summed E-state index contributed by atoms with van der Waals surface area (Å²) in [6.07, 6.45) is 3.10. The van der Waals surface area contributed by atoms with E-state index in [0.29, 0.717) is 5.02 Å². The number of amides is 1. The zero-order chi connectivity index (χ0) is 10.8. The van der Waals surface area contributed by atoms with Gasteiger partial charge >= 0.3 is 0 Å². The zero-order valence-corrected chi connectivity index (χ0v) is 9.47. The van der Waals surface area contributed by atoms with E-state index in [4.69, 9.17) is 11.6 Å². The number of hydrogen-bond donors (Lipinski definition) is 1. The highest BCUT2D eigenvalue weighted by atomic mass is 35.5. The first-order chi connectivity index (χ1) is 7.24. The molecule has 3 heteroatoms. The summed E-state index contributed by atoms with van der Waals surface area (Å²) >= 11 is 6.02. The predicted molar refractivity (Wildman–Crippen MR) is 62.3 cm³/mol. The standard InChI is InChI=1S/C12H14ClNO/c1-2-3-5-9-8-6-4-7-10(13)11(8)14-12(9)15/h4,6-7,9H,2-3,5H2,1H3,(H,14,15). The van der Waals surface area contributed by atoms with Gasteiger partial charge in [-0.3, -0.25) is 4.79 Å². The average molecular weight is 224 g/mol. The molecule has 0 saturated heterocycles. The molecule has 1 aromatic carbocycles. The van der Waals surface area contributed by atoms with E-state index in [2.05, 4.69) is 12.2 Å². The number of nitrogens with one attached hydrogen (secondary N) is 1. The van der Waals surface area contributed by atoms with Gasteiger partial charge in [-0.05, 0) is 18.1 Å². The molecule has 2 nitrogen and oxygen atoms in total. The number of unbranched alkanes of at least 4 members (excludes halogenated alkanes) is 1. The normalized spacial score (nSPS) is 18.8. The number of halogens is 1. The van der Waals surface area contributed by atoms with Crippen molar-refractivity contribution in [3.8, 4) is 0 Å². The van der Waals surface area contributed by atoms with Crippen LogP contribution in [0.5, 0.6) is 0 Å². The lowest BCUT2D eigenvalue weighted by Gasteiger charge is -2.07. The highest BCUT2D eigenvalue weighted by Crippen LogP contribution is 2.39. The minimum atomic E-state index is -0.00125. The van der Waals surface area contributed by atoms with Crippen LogP contribution in [0.25, 0.3) is 0 Å². The van der Waals surface area contributed by atoms with E-state index in [9.17, 15) is 4.79 Å². The third kappa shape index (κ3) is 1.86. The lowest BCUT2D eigenvalue weighted by Crippen LogP contribution is -2.11. The first-order valence-corrected chi connectivity index (χ1v) is 5.71. The van der Waals surface area contributed by atoms with E-state index in [0.717, 1.165) is 30.5 Å². The van der Waals surface area contributed by atoms with Gasteiger partial charge in [0.2, 0.25) is 5.91 Å². The Balaban J connectivity index is 2.29. The van der Waals surface area contributed by atoms with Crippen molar-refractivity contribution in [3.05, 3.63) is 28.8 Å². The van der Waals surface area contributed by atoms with Gasteiger partial charge in [-0.1, -0.05) is 43.5 Å². The first-order valence-electron chi connectivity index (χ1n) is 5.33. The van der Waals surface area contributed by atoms with Gasteiger partial charge in [0, 0.05) is 0 Å². The van der Waals surface area contributed by atoms with Crippen LogP contribution in [0.15, 0.2) is 18.2 Å². The van der Waals surface area contributed by atoms with Gasteiger partial charge in [-0.2, -0.15) is 0 Å². The van der Waals surface area contributed by atoms with Gasteiger partial charge in [-0.25, -0.2) is 0 Å². The molecule has 1 N–H and O–H groups in total. The minimum Gasteiger partial charge on any atom is -0.324 e. The molecular formula is C12H14ClNO. The molecule has 1 aliphatic heterocycles. The first kappa shape index (κ1) is 10.5. The Bertz CT molecular complexity index is 389. The number of anilines is 1. The monoisotopic (exact) mass is 223 g/mol. The fourth-order valence-electron chi connectivity index (χ4n) is 2.01. The van der Waals surface area contributed by atoms with Crippen molar-refractivity contribution in [3.63, 3.8) is 0 Å². The maximum Gasteiger partial charge on any atom is 0.232 e. The van der Waals surface area contributed by atoms with E-state index in [1.165, 1.54) is 0 Å². The molecule has 0 radical (unpaired) electrons. The van der Waals surface area contributed by atoms with Gasteiger partial charge in [0.15, 0.2) is 0 Å². The van der Waals surface area contributed by atoms with Crippen LogP contribution < -0.4 is 5.32 Å². The van der Waals surface area contributed by atoms with Crippen molar-refractivity contribution in [2.24, 2.45) is 0 Å². The number of rotatable bonds is 3. The summed E-state index contributed by atoms with van der Waals surface area (Å²) in [5.74, 6) is 0.0881. The smallest absolute Gasteiger partial charge is 0.232 e. The third-order valence-corrected chi connectivity index (χ3v) is 3.15. The Labute approximate surface area is 94.6 Å². The third-order valence-electron chi connectivity index (χ3n) is 2.83. The molecule has 1 amide bonds. The number of carbonyl (C=O) groups excluding carboxylic acids is 1. The lowest BCUT2D eigenvalue weighted by molar-refractivity contribution is -0.117. The average Bonchev–Trinajstić information content (AvgIpc) is 2.54. The molecule has 0 aromatic heterocycles. The molecule has 15 heavy (non-hydrogen) atoms. The fraction of sp³-hybridized carbons (Fsp3) is 0.417. The molecular weight excluding hydrogens is 210 g/mol. The van der Waals surface area contributed by atoms with Crippen LogP contribution >= 0.6 is 11.6 Å². The summed E-state index contributed by atoms with van der Waals surface area (Å²) in [7, 11) is 0. The summed E-state index contributed by atoms with van der Waals surface area (Å²) in [5.41, 5.74) is 1.87. The molecule has 1 heterocycles. The molecule has 0 spiro atoms. The molecule has 0 aliphatic carbocycles. The number of benzene rings is 1.